The van der Waals surface area contributed by atoms with Gasteiger partial charge in [-0.15, -0.1) is 0 Å². The van der Waals surface area contributed by atoms with Crippen molar-refractivity contribution >= 4 is 27.7 Å². The minimum absolute atomic E-state index is 0.219. The van der Waals surface area contributed by atoms with E-state index in [0.29, 0.717) is 6.61 Å². The molecule has 0 heterocycles. The van der Waals surface area contributed by atoms with Crippen molar-refractivity contribution in [2.45, 2.75) is 44.8 Å². The summed E-state index contributed by atoms with van der Waals surface area (Å²) in [5.74, 6) is 0. The minimum atomic E-state index is -0.260. The molecule has 1 fully saturated rings. The summed E-state index contributed by atoms with van der Waals surface area (Å²) < 4.78 is 6.58. The Balaban J connectivity index is 1.76. The van der Waals surface area contributed by atoms with Crippen molar-refractivity contribution in [1.29, 1.82) is 0 Å². The molecule has 2 aromatic rings. The second kappa shape index (κ2) is 8.34. The van der Waals surface area contributed by atoms with Crippen LogP contribution in [-0.4, -0.2) is 12.1 Å². The van der Waals surface area contributed by atoms with Crippen LogP contribution in [0, 0.1) is 0 Å². The molecule has 3 nitrogen and oxygen atoms in total. The maximum Gasteiger partial charge on any atom is 0.414 e. The molecular formula is C20H22BrNO2. The van der Waals surface area contributed by atoms with Crippen LogP contribution in [0.4, 0.5) is 10.5 Å². The number of hydrogen-bond donors (Lipinski definition) is 0. The average molecular weight is 388 g/mol. The minimum Gasteiger partial charge on any atom is -0.444 e. The number of hydrogen-bond acceptors (Lipinski definition) is 2. The highest BCUT2D eigenvalue weighted by Crippen LogP contribution is 2.29. The van der Waals surface area contributed by atoms with Gasteiger partial charge >= 0.3 is 6.09 Å². The van der Waals surface area contributed by atoms with Gasteiger partial charge in [0.2, 0.25) is 0 Å². The van der Waals surface area contributed by atoms with Gasteiger partial charge in [0.05, 0.1) is 0 Å². The molecule has 0 atom stereocenters. The average Bonchev–Trinajstić information content (AvgIpc) is 2.62. The molecule has 1 amide bonds. The molecule has 24 heavy (non-hydrogen) atoms. The fourth-order valence-corrected chi connectivity index (χ4v) is 3.61. The zero-order valence-corrected chi connectivity index (χ0v) is 15.2. The molecule has 0 saturated heterocycles. The van der Waals surface area contributed by atoms with Gasteiger partial charge < -0.3 is 4.74 Å². The predicted octanol–water partition coefficient (Wildman–Crippen LogP) is 5.93. The zero-order valence-electron chi connectivity index (χ0n) is 13.7. The molecule has 0 spiro atoms. The van der Waals surface area contributed by atoms with Crippen LogP contribution in [0.3, 0.4) is 0 Å². The van der Waals surface area contributed by atoms with Crippen LogP contribution in [0.15, 0.2) is 59.1 Å². The quantitative estimate of drug-likeness (QED) is 0.650. The summed E-state index contributed by atoms with van der Waals surface area (Å²) in [6.45, 7) is 0.302. The highest BCUT2D eigenvalue weighted by Gasteiger charge is 2.28. The van der Waals surface area contributed by atoms with Gasteiger partial charge in [0.25, 0.3) is 0 Å². The van der Waals surface area contributed by atoms with Gasteiger partial charge in [0.15, 0.2) is 0 Å². The summed E-state index contributed by atoms with van der Waals surface area (Å²) in [5.41, 5.74) is 1.90. The molecule has 1 aliphatic rings. The number of anilines is 1. The Bertz CT molecular complexity index is 668. The number of carbonyl (C=O) groups is 1. The first kappa shape index (κ1) is 17.0. The monoisotopic (exact) mass is 387 g/mol. The topological polar surface area (TPSA) is 29.5 Å². The summed E-state index contributed by atoms with van der Waals surface area (Å²) in [4.78, 5) is 14.7. The second-order valence-electron chi connectivity index (χ2n) is 6.18. The van der Waals surface area contributed by atoms with E-state index in [1.54, 1.807) is 0 Å². The van der Waals surface area contributed by atoms with E-state index < -0.39 is 0 Å². The Morgan fingerprint density at radius 3 is 2.50 bits per heavy atom. The lowest BCUT2D eigenvalue weighted by atomic mass is 9.94. The lowest BCUT2D eigenvalue weighted by Gasteiger charge is -2.33. The predicted molar refractivity (Wildman–Crippen MR) is 100 cm³/mol. The third kappa shape index (κ3) is 4.38. The number of halogens is 1. The van der Waals surface area contributed by atoms with E-state index in [1.165, 1.54) is 19.3 Å². The maximum atomic E-state index is 12.8. The number of nitrogens with zero attached hydrogens (tertiary/aromatic N) is 1. The van der Waals surface area contributed by atoms with Crippen LogP contribution in [0.2, 0.25) is 0 Å². The standard InChI is InChI=1S/C20H22BrNO2/c21-17-10-7-13-19(14-17)22(18-11-5-2-6-12-18)20(23)24-15-16-8-3-1-4-9-16/h1,3-4,7-10,13-14,18H,2,5-6,11-12,15H2. The first-order valence-electron chi connectivity index (χ1n) is 8.49. The molecule has 0 bridgehead atoms. The van der Waals surface area contributed by atoms with Crippen LogP contribution in [0.25, 0.3) is 0 Å². The third-order valence-corrected chi connectivity index (χ3v) is 4.92. The van der Waals surface area contributed by atoms with Crippen molar-refractivity contribution in [2.75, 3.05) is 4.90 Å². The van der Waals surface area contributed by atoms with Gasteiger partial charge in [0, 0.05) is 16.2 Å². The first-order chi connectivity index (χ1) is 11.7. The van der Waals surface area contributed by atoms with Crippen molar-refractivity contribution in [2.24, 2.45) is 0 Å². The Morgan fingerprint density at radius 1 is 1.04 bits per heavy atom. The van der Waals surface area contributed by atoms with Crippen LogP contribution in [-0.2, 0) is 11.3 Å². The molecular weight excluding hydrogens is 366 g/mol. The molecule has 0 unspecified atom stereocenters. The van der Waals surface area contributed by atoms with E-state index in [1.807, 2.05) is 59.5 Å². The molecule has 126 valence electrons. The molecule has 0 aromatic heterocycles. The third-order valence-electron chi connectivity index (χ3n) is 4.43. The molecule has 3 rings (SSSR count). The van der Waals surface area contributed by atoms with Crippen molar-refractivity contribution in [3.8, 4) is 0 Å². The van der Waals surface area contributed by atoms with E-state index in [4.69, 9.17) is 4.74 Å². The molecule has 0 radical (unpaired) electrons. The molecule has 1 aliphatic carbocycles. The van der Waals surface area contributed by atoms with Crippen LogP contribution >= 0.6 is 15.9 Å². The van der Waals surface area contributed by atoms with Gasteiger partial charge in [-0.1, -0.05) is 71.6 Å². The Hall–Kier alpha value is -1.81. The first-order valence-corrected chi connectivity index (χ1v) is 9.29. The van der Waals surface area contributed by atoms with E-state index in [0.717, 1.165) is 28.6 Å². The fourth-order valence-electron chi connectivity index (χ4n) is 3.22. The van der Waals surface area contributed by atoms with E-state index in [2.05, 4.69) is 15.9 Å². The highest BCUT2D eigenvalue weighted by atomic mass is 79.9. The largest absolute Gasteiger partial charge is 0.444 e. The lowest BCUT2D eigenvalue weighted by Crippen LogP contribution is -2.42. The number of ether oxygens (including phenoxy) is 1. The zero-order chi connectivity index (χ0) is 16.8. The second-order valence-corrected chi connectivity index (χ2v) is 7.10. The summed E-state index contributed by atoms with van der Waals surface area (Å²) >= 11 is 3.50. The SMILES string of the molecule is O=C(OCc1ccccc1)N(c1cccc(Br)c1)C1CCCCC1. The van der Waals surface area contributed by atoms with Crippen molar-refractivity contribution in [3.63, 3.8) is 0 Å². The van der Waals surface area contributed by atoms with Crippen LogP contribution < -0.4 is 4.90 Å². The van der Waals surface area contributed by atoms with Gasteiger partial charge in [-0.25, -0.2) is 4.79 Å². The van der Waals surface area contributed by atoms with Crippen molar-refractivity contribution in [3.05, 3.63) is 64.6 Å². The van der Waals surface area contributed by atoms with Gasteiger partial charge in [-0.3, -0.25) is 4.90 Å². The Labute approximate surface area is 151 Å². The van der Waals surface area contributed by atoms with Gasteiger partial charge in [0.1, 0.15) is 6.61 Å². The van der Waals surface area contributed by atoms with Crippen LogP contribution in [0.5, 0.6) is 0 Å². The summed E-state index contributed by atoms with van der Waals surface area (Å²) in [5, 5.41) is 0. The van der Waals surface area contributed by atoms with Gasteiger partial charge in [-0.05, 0) is 36.6 Å². The molecule has 4 heteroatoms. The number of rotatable bonds is 4. The number of benzene rings is 2. The summed E-state index contributed by atoms with van der Waals surface area (Å²) in [6.07, 6.45) is 5.40. The van der Waals surface area contributed by atoms with E-state index in [-0.39, 0.29) is 12.1 Å². The normalized spacial score (nSPS) is 15.0. The maximum absolute atomic E-state index is 12.8. The number of carbonyl (C=O) groups excluding carboxylic acids is 1. The fraction of sp³-hybridized carbons (Fsp3) is 0.350. The number of amides is 1. The molecule has 0 N–H and O–H groups in total. The van der Waals surface area contributed by atoms with Crippen molar-refractivity contribution < 1.29 is 9.53 Å². The summed E-state index contributed by atoms with van der Waals surface area (Å²) in [7, 11) is 0. The molecule has 1 saturated carbocycles. The van der Waals surface area contributed by atoms with E-state index >= 15 is 0 Å². The van der Waals surface area contributed by atoms with Gasteiger partial charge in [-0.2, -0.15) is 0 Å². The summed E-state index contributed by atoms with van der Waals surface area (Å²) in [6, 6.07) is 17.9. The Kier molecular flexibility index (Phi) is 5.91. The highest BCUT2D eigenvalue weighted by molar-refractivity contribution is 9.10. The molecule has 2 aromatic carbocycles. The van der Waals surface area contributed by atoms with E-state index in [9.17, 15) is 4.79 Å². The van der Waals surface area contributed by atoms with Crippen molar-refractivity contribution in [1.82, 2.24) is 0 Å². The molecule has 0 aliphatic heterocycles. The van der Waals surface area contributed by atoms with Crippen LogP contribution in [0.1, 0.15) is 37.7 Å². The Morgan fingerprint density at radius 2 is 1.79 bits per heavy atom. The smallest absolute Gasteiger partial charge is 0.414 e. The lowest BCUT2D eigenvalue weighted by molar-refractivity contribution is 0.142.